The first-order valence-electron chi connectivity index (χ1n) is 15.3. The van der Waals surface area contributed by atoms with Crippen molar-refractivity contribution in [2.24, 2.45) is 0 Å². The maximum Gasteiger partial charge on any atom is 0.150 e. The smallest absolute Gasteiger partial charge is 0.150 e. The number of ether oxygens (including phenoxy) is 4. The molecule has 0 amide bonds. The van der Waals surface area contributed by atoms with E-state index in [1.807, 2.05) is 48.5 Å². The summed E-state index contributed by atoms with van der Waals surface area (Å²) in [6, 6.07) is 23.4. The van der Waals surface area contributed by atoms with Crippen molar-refractivity contribution < 1.29 is 23.7 Å². The number of benzene rings is 3. The van der Waals surface area contributed by atoms with Gasteiger partial charge < -0.3 is 23.8 Å². The lowest BCUT2D eigenvalue weighted by Crippen LogP contribution is -2.33. The Kier molecular flexibility index (Phi) is 14.5. The third-order valence-electron chi connectivity index (χ3n) is 7.17. The Morgan fingerprint density at radius 1 is 0.545 bits per heavy atom. The lowest BCUT2D eigenvalue weighted by molar-refractivity contribution is 0.0233. The van der Waals surface area contributed by atoms with Gasteiger partial charge in [-0.1, -0.05) is 42.7 Å². The Balaban J connectivity index is 1.30. The summed E-state index contributed by atoms with van der Waals surface area (Å²) in [4.78, 5) is 15.4. The van der Waals surface area contributed by atoms with Crippen LogP contribution in [0.15, 0.2) is 72.8 Å². The summed E-state index contributed by atoms with van der Waals surface area (Å²) in [5, 5.41) is 0. The van der Waals surface area contributed by atoms with E-state index in [-0.39, 0.29) is 0 Å². The van der Waals surface area contributed by atoms with Crippen LogP contribution in [0, 0.1) is 23.7 Å². The predicted octanol–water partition coefficient (Wildman–Crippen LogP) is 4.51. The number of rotatable bonds is 3. The molecule has 4 rings (SSSR count). The predicted molar refractivity (Wildman–Crippen MR) is 174 cm³/mol. The van der Waals surface area contributed by atoms with Crippen LogP contribution in [0.4, 0.5) is 5.69 Å². The molecule has 7 nitrogen and oxygen atoms in total. The van der Waals surface area contributed by atoms with Gasteiger partial charge >= 0.3 is 0 Å². The molecule has 230 valence electrons. The number of carbonyl (C=O) groups is 1. The molecule has 1 fully saturated rings. The van der Waals surface area contributed by atoms with E-state index in [0.29, 0.717) is 58.4 Å². The number of likely N-dealkylation sites (N-methyl/N-ethyl adjacent to an activating group) is 1. The second kappa shape index (κ2) is 19.4. The maximum absolute atomic E-state index is 10.8. The quantitative estimate of drug-likeness (QED) is 0.327. The van der Waals surface area contributed by atoms with E-state index in [0.717, 1.165) is 67.0 Å². The zero-order chi connectivity index (χ0) is 30.7. The van der Waals surface area contributed by atoms with Gasteiger partial charge in [-0.25, -0.2) is 0 Å². The molecule has 0 bridgehead atoms. The van der Waals surface area contributed by atoms with Gasteiger partial charge in [-0.2, -0.15) is 0 Å². The van der Waals surface area contributed by atoms with E-state index < -0.39 is 0 Å². The van der Waals surface area contributed by atoms with Gasteiger partial charge in [0.15, 0.2) is 0 Å². The van der Waals surface area contributed by atoms with Gasteiger partial charge in [0.1, 0.15) is 6.29 Å². The SMILES string of the molecule is CCN1CCOCCOCCN(c2ccc(C#Cc3ccc(C#Cc4ccc(C=O)cc4)cc3)cc2)CCOCCOCC1. The van der Waals surface area contributed by atoms with E-state index in [9.17, 15) is 4.79 Å². The molecular weight excluding hydrogens is 552 g/mol. The van der Waals surface area contributed by atoms with Gasteiger partial charge in [0.05, 0.1) is 52.9 Å². The lowest BCUT2D eigenvalue weighted by atomic mass is 10.1. The van der Waals surface area contributed by atoms with Gasteiger partial charge in [-0.05, 0) is 67.2 Å². The molecule has 0 unspecified atom stereocenters. The van der Waals surface area contributed by atoms with Crippen LogP contribution in [0.3, 0.4) is 0 Å². The summed E-state index contributed by atoms with van der Waals surface area (Å²) < 4.78 is 23.3. The second-order valence-electron chi connectivity index (χ2n) is 10.2. The Labute approximate surface area is 262 Å². The van der Waals surface area contributed by atoms with E-state index in [1.54, 1.807) is 12.1 Å². The molecular formula is C37H42N2O5. The summed E-state index contributed by atoms with van der Waals surface area (Å²) in [6.45, 7) is 11.4. The van der Waals surface area contributed by atoms with Crippen molar-refractivity contribution in [3.63, 3.8) is 0 Å². The fourth-order valence-electron chi connectivity index (χ4n) is 4.50. The molecule has 7 heteroatoms. The molecule has 1 aliphatic rings. The average molecular weight is 595 g/mol. The monoisotopic (exact) mass is 594 g/mol. The topological polar surface area (TPSA) is 60.5 Å². The number of carbonyl (C=O) groups excluding carboxylic acids is 1. The first-order chi connectivity index (χ1) is 21.7. The highest BCUT2D eigenvalue weighted by molar-refractivity contribution is 5.74. The molecule has 0 atom stereocenters. The fourth-order valence-corrected chi connectivity index (χ4v) is 4.50. The molecule has 3 aromatic rings. The van der Waals surface area contributed by atoms with Gasteiger partial charge in [-0.15, -0.1) is 0 Å². The van der Waals surface area contributed by atoms with Crippen LogP contribution in [0.25, 0.3) is 0 Å². The Morgan fingerprint density at radius 3 is 1.30 bits per heavy atom. The van der Waals surface area contributed by atoms with Crippen LogP contribution >= 0.6 is 0 Å². The molecule has 44 heavy (non-hydrogen) atoms. The maximum atomic E-state index is 10.8. The van der Waals surface area contributed by atoms with E-state index in [4.69, 9.17) is 18.9 Å². The summed E-state index contributed by atoms with van der Waals surface area (Å²) in [5.41, 5.74) is 5.39. The number of aldehydes is 1. The number of anilines is 1. The summed E-state index contributed by atoms with van der Waals surface area (Å²) in [5.74, 6) is 12.8. The summed E-state index contributed by atoms with van der Waals surface area (Å²) in [7, 11) is 0. The molecule has 1 saturated heterocycles. The third kappa shape index (κ3) is 12.0. The van der Waals surface area contributed by atoms with Crippen molar-refractivity contribution in [1.29, 1.82) is 0 Å². The van der Waals surface area contributed by atoms with Gasteiger partial charge in [0.25, 0.3) is 0 Å². The minimum absolute atomic E-state index is 0.581. The van der Waals surface area contributed by atoms with Crippen molar-refractivity contribution in [2.45, 2.75) is 6.92 Å². The Hall–Kier alpha value is -3.95. The third-order valence-corrected chi connectivity index (χ3v) is 7.17. The summed E-state index contributed by atoms with van der Waals surface area (Å²) >= 11 is 0. The van der Waals surface area contributed by atoms with Crippen LogP contribution in [0.5, 0.6) is 0 Å². The minimum Gasteiger partial charge on any atom is -0.378 e. The molecule has 0 aromatic heterocycles. The molecule has 0 saturated carbocycles. The first kappa shape index (κ1) is 33.0. The average Bonchev–Trinajstić information content (AvgIpc) is 3.07. The molecule has 3 aromatic carbocycles. The number of hydrogen-bond donors (Lipinski definition) is 0. The van der Waals surface area contributed by atoms with Crippen molar-refractivity contribution in [3.05, 3.63) is 101 Å². The zero-order valence-electron chi connectivity index (χ0n) is 25.6. The van der Waals surface area contributed by atoms with E-state index in [1.165, 1.54) is 0 Å². The van der Waals surface area contributed by atoms with E-state index in [2.05, 4.69) is 52.5 Å². The first-order valence-corrected chi connectivity index (χ1v) is 15.3. The molecule has 0 aliphatic carbocycles. The summed E-state index contributed by atoms with van der Waals surface area (Å²) in [6.07, 6.45) is 0.828. The lowest BCUT2D eigenvalue weighted by Gasteiger charge is -2.25. The highest BCUT2D eigenvalue weighted by Gasteiger charge is 2.08. The van der Waals surface area contributed by atoms with E-state index >= 15 is 0 Å². The van der Waals surface area contributed by atoms with Gasteiger partial charge in [-0.3, -0.25) is 9.69 Å². The van der Waals surface area contributed by atoms with Crippen molar-refractivity contribution in [3.8, 4) is 23.7 Å². The van der Waals surface area contributed by atoms with Gasteiger partial charge in [0.2, 0.25) is 0 Å². The molecule has 1 heterocycles. The number of hydrogen-bond acceptors (Lipinski definition) is 7. The molecule has 1 aliphatic heterocycles. The van der Waals surface area contributed by atoms with Crippen LogP contribution in [-0.2, 0) is 18.9 Å². The van der Waals surface area contributed by atoms with Crippen LogP contribution < -0.4 is 4.90 Å². The molecule has 0 radical (unpaired) electrons. The van der Waals surface area contributed by atoms with Crippen LogP contribution in [-0.4, -0.2) is 96.8 Å². The van der Waals surface area contributed by atoms with Crippen molar-refractivity contribution >= 4 is 12.0 Å². The minimum atomic E-state index is 0.581. The normalized spacial score (nSPS) is 16.3. The second-order valence-corrected chi connectivity index (χ2v) is 10.2. The van der Waals surface area contributed by atoms with Crippen LogP contribution in [0.1, 0.15) is 39.5 Å². The molecule has 0 spiro atoms. The highest BCUT2D eigenvalue weighted by Crippen LogP contribution is 2.15. The molecule has 0 N–H and O–H groups in total. The van der Waals surface area contributed by atoms with Crippen molar-refractivity contribution in [1.82, 2.24) is 4.90 Å². The number of nitrogens with zero attached hydrogens (tertiary/aromatic N) is 2. The van der Waals surface area contributed by atoms with Gasteiger partial charge in [0, 0.05) is 59.7 Å². The largest absolute Gasteiger partial charge is 0.378 e. The Morgan fingerprint density at radius 2 is 0.909 bits per heavy atom. The Bertz CT molecular complexity index is 1360. The van der Waals surface area contributed by atoms with Crippen molar-refractivity contribution in [2.75, 3.05) is 90.5 Å². The zero-order valence-corrected chi connectivity index (χ0v) is 25.6. The van der Waals surface area contributed by atoms with Crippen LogP contribution in [0.2, 0.25) is 0 Å². The highest BCUT2D eigenvalue weighted by atomic mass is 16.5. The standard InChI is InChI=1S/C37H42N2O5/c1-2-38-19-23-41-27-29-43-25-21-39(22-26-44-30-28-42-24-20-38)37-17-15-35(16-18-37)10-9-33-5-3-32(4-6-33)7-8-34-11-13-36(31-40)14-12-34/h3-6,11-18,31H,2,19-30H2,1H3. The fraction of sp³-hybridized carbons (Fsp3) is 0.378.